The maximum absolute atomic E-state index is 15.7. The van der Waals surface area contributed by atoms with Gasteiger partial charge in [0.05, 0.1) is 0 Å². The smallest absolute Gasteiger partial charge is 0.208 e. The molecule has 0 fully saturated rings. The van der Waals surface area contributed by atoms with E-state index in [0.717, 1.165) is 36.4 Å². The van der Waals surface area contributed by atoms with Crippen molar-refractivity contribution in [1.29, 1.82) is 0 Å². The first-order valence-corrected chi connectivity index (χ1v) is 17.6. The van der Waals surface area contributed by atoms with Gasteiger partial charge in [-0.15, -0.1) is 0 Å². The maximum Gasteiger partial charge on any atom is 0.411 e. The van der Waals surface area contributed by atoms with Crippen LogP contribution in [-0.2, 0) is 5.41 Å². The average Bonchev–Trinajstić information content (AvgIpc) is 3.24. The van der Waals surface area contributed by atoms with Gasteiger partial charge in [0, 0.05) is 33.4 Å². The van der Waals surface area contributed by atoms with E-state index in [1.807, 2.05) is 0 Å². The number of benzene rings is 6. The van der Waals surface area contributed by atoms with Gasteiger partial charge in [0.25, 0.3) is 0 Å². The third-order valence-corrected chi connectivity index (χ3v) is 9.36. The van der Waals surface area contributed by atoms with Crippen molar-refractivity contribution in [2.75, 3.05) is 0 Å². The lowest BCUT2D eigenvalue weighted by atomic mass is 9.72. The summed E-state index contributed by atoms with van der Waals surface area (Å²) in [6.45, 7) is 0. The Balaban J connectivity index is 1.31. The molecule has 8 aromatic rings. The number of nitrogens with zero attached hydrogens (tertiary/aromatic N) is 6. The van der Waals surface area contributed by atoms with E-state index in [1.165, 1.54) is 12.1 Å². The zero-order valence-electron chi connectivity index (χ0n) is 29.6. The van der Waals surface area contributed by atoms with Crippen molar-refractivity contribution in [2.24, 2.45) is 0 Å². The summed E-state index contributed by atoms with van der Waals surface area (Å²) in [4.78, 5) is 27.3. The van der Waals surface area contributed by atoms with Crippen molar-refractivity contribution >= 4 is 0 Å². The van der Waals surface area contributed by atoms with Gasteiger partial charge in [0.15, 0.2) is 34.9 Å². The Bertz CT molecular complexity index is 2350. The molecule has 0 aliphatic carbocycles. The first kappa shape index (κ1) is 36.9. The van der Waals surface area contributed by atoms with Gasteiger partial charge in [-0.1, -0.05) is 158 Å². The van der Waals surface area contributed by atoms with Crippen molar-refractivity contribution in [3.63, 3.8) is 0 Å². The van der Waals surface area contributed by atoms with Crippen LogP contribution < -0.4 is 0 Å². The average molecular weight is 767 g/mol. The summed E-state index contributed by atoms with van der Waals surface area (Å²) in [7, 11) is 0. The van der Waals surface area contributed by atoms with Crippen molar-refractivity contribution in [1.82, 2.24) is 29.9 Å². The lowest BCUT2D eigenvalue weighted by Gasteiger charge is -2.38. The topological polar surface area (TPSA) is 77.3 Å². The van der Waals surface area contributed by atoms with E-state index in [9.17, 15) is 0 Å². The molecule has 0 unspecified atom stereocenters. The van der Waals surface area contributed by atoms with Gasteiger partial charge in [-0.2, -0.15) is 26.3 Å². The number of hydrogen-bond acceptors (Lipinski definition) is 6. The van der Waals surface area contributed by atoms with E-state index in [2.05, 4.69) is 29.9 Å². The standard InChI is InChI=1S/C45H28F6N6/c46-44(47,48)43(45(49,50)51,35-25-13-23-33(27-35)41-54-37(29-15-5-1-6-16-29)52-38(55-41)30-17-7-2-8-18-30)36-26-14-24-34(28-36)42-56-39(31-19-9-3-10-20-31)53-40(57-42)32-21-11-4-12-22-32/h1-28H. The highest BCUT2D eigenvalue weighted by molar-refractivity contribution is 5.69. The summed E-state index contributed by atoms with van der Waals surface area (Å²) in [5.41, 5.74) is -4.49. The Morgan fingerprint density at radius 1 is 0.263 bits per heavy atom. The monoisotopic (exact) mass is 766 g/mol. The van der Waals surface area contributed by atoms with E-state index < -0.39 is 28.9 Å². The second kappa shape index (κ2) is 14.9. The predicted molar refractivity (Wildman–Crippen MR) is 205 cm³/mol. The van der Waals surface area contributed by atoms with Gasteiger partial charge < -0.3 is 0 Å². The number of halogens is 6. The molecule has 57 heavy (non-hydrogen) atoms. The minimum Gasteiger partial charge on any atom is -0.208 e. The molecule has 0 N–H and O–H groups in total. The molecule has 0 atom stereocenters. The maximum atomic E-state index is 15.7. The Hall–Kier alpha value is -7.08. The Morgan fingerprint density at radius 2 is 0.491 bits per heavy atom. The summed E-state index contributed by atoms with van der Waals surface area (Å²) in [6.07, 6.45) is -11.8. The van der Waals surface area contributed by atoms with Crippen molar-refractivity contribution in [2.45, 2.75) is 17.8 Å². The van der Waals surface area contributed by atoms with Gasteiger partial charge in [-0.3, -0.25) is 0 Å². The molecule has 6 aromatic carbocycles. The normalized spacial score (nSPS) is 12.0. The second-order valence-corrected chi connectivity index (χ2v) is 13.0. The first-order valence-electron chi connectivity index (χ1n) is 17.6. The minimum atomic E-state index is -5.88. The van der Waals surface area contributed by atoms with Gasteiger partial charge >= 0.3 is 12.4 Å². The molecule has 2 aromatic heterocycles. The van der Waals surface area contributed by atoms with Crippen LogP contribution in [0.15, 0.2) is 170 Å². The molecule has 0 aliphatic rings. The number of rotatable bonds is 8. The van der Waals surface area contributed by atoms with Crippen LogP contribution in [0.2, 0.25) is 0 Å². The number of aromatic nitrogens is 6. The fraction of sp³-hybridized carbons (Fsp3) is 0.0667. The molecular formula is C45H28F6N6. The predicted octanol–water partition coefficient (Wildman–Crippen LogP) is 11.5. The highest BCUT2D eigenvalue weighted by Gasteiger charge is 2.72. The molecule has 2 heterocycles. The van der Waals surface area contributed by atoms with Crippen molar-refractivity contribution in [3.05, 3.63) is 181 Å². The van der Waals surface area contributed by atoms with Gasteiger partial charge in [-0.05, 0) is 23.3 Å². The lowest BCUT2D eigenvalue weighted by molar-refractivity contribution is -0.288. The molecular weight excluding hydrogens is 739 g/mol. The van der Waals surface area contributed by atoms with Crippen LogP contribution >= 0.6 is 0 Å². The summed E-state index contributed by atoms with van der Waals surface area (Å²) in [6, 6.07) is 43.6. The quantitative estimate of drug-likeness (QED) is 0.143. The molecule has 12 heteroatoms. The fourth-order valence-electron chi connectivity index (χ4n) is 6.64. The van der Waals surface area contributed by atoms with Gasteiger partial charge in [0.2, 0.25) is 5.41 Å². The summed E-state index contributed by atoms with van der Waals surface area (Å²) in [5.74, 6) is 0.553. The molecule has 6 nitrogen and oxygen atoms in total. The van der Waals surface area contributed by atoms with E-state index >= 15 is 26.3 Å². The van der Waals surface area contributed by atoms with Crippen LogP contribution in [0, 0.1) is 0 Å². The molecule has 0 bridgehead atoms. The summed E-state index contributed by atoms with van der Waals surface area (Å²) >= 11 is 0. The number of alkyl halides is 6. The van der Waals surface area contributed by atoms with Gasteiger partial charge in [0.1, 0.15) is 0 Å². The third-order valence-electron chi connectivity index (χ3n) is 9.36. The number of hydrogen-bond donors (Lipinski definition) is 0. The molecule has 0 radical (unpaired) electrons. The van der Waals surface area contributed by atoms with Crippen LogP contribution in [-0.4, -0.2) is 42.3 Å². The van der Waals surface area contributed by atoms with E-state index in [-0.39, 0.29) is 46.1 Å². The largest absolute Gasteiger partial charge is 0.411 e. The highest BCUT2D eigenvalue weighted by Crippen LogP contribution is 2.57. The first-order chi connectivity index (χ1) is 27.5. The SMILES string of the molecule is FC(F)(F)C(c1cccc(-c2nc(-c3ccccc3)nc(-c3ccccc3)n2)c1)(c1cccc(-c2nc(-c3ccccc3)nc(-c3ccccc3)n2)c1)C(F)(F)F. The molecule has 8 rings (SSSR count). The molecule has 0 amide bonds. The molecule has 0 spiro atoms. The third kappa shape index (κ3) is 7.13. The van der Waals surface area contributed by atoms with Gasteiger partial charge in [-0.25, -0.2) is 29.9 Å². The van der Waals surface area contributed by atoms with Crippen LogP contribution in [0.3, 0.4) is 0 Å². The molecule has 280 valence electrons. The Morgan fingerprint density at radius 3 is 0.737 bits per heavy atom. The fourth-order valence-corrected chi connectivity index (χ4v) is 6.64. The molecule has 0 saturated heterocycles. The minimum absolute atomic E-state index is 0.0734. The van der Waals surface area contributed by atoms with Crippen molar-refractivity contribution < 1.29 is 26.3 Å². The Kier molecular flexibility index (Phi) is 9.62. The zero-order chi connectivity index (χ0) is 39.6. The lowest BCUT2D eigenvalue weighted by Crippen LogP contribution is -2.54. The zero-order valence-corrected chi connectivity index (χ0v) is 29.6. The summed E-state index contributed by atoms with van der Waals surface area (Å²) in [5, 5.41) is 0. The summed E-state index contributed by atoms with van der Waals surface area (Å²) < 4.78 is 93.9. The second-order valence-electron chi connectivity index (χ2n) is 13.0. The highest BCUT2D eigenvalue weighted by atomic mass is 19.4. The molecule has 0 aliphatic heterocycles. The van der Waals surface area contributed by atoms with Crippen LogP contribution in [0.5, 0.6) is 0 Å². The van der Waals surface area contributed by atoms with Crippen molar-refractivity contribution in [3.8, 4) is 68.3 Å². The van der Waals surface area contributed by atoms with Crippen LogP contribution in [0.1, 0.15) is 11.1 Å². The van der Waals surface area contributed by atoms with E-state index in [1.54, 1.807) is 121 Å². The Labute approximate surface area is 322 Å². The van der Waals surface area contributed by atoms with E-state index in [0.29, 0.717) is 22.3 Å². The van der Waals surface area contributed by atoms with Crippen LogP contribution in [0.4, 0.5) is 26.3 Å². The molecule has 0 saturated carbocycles. The van der Waals surface area contributed by atoms with Crippen LogP contribution in [0.25, 0.3) is 68.3 Å². The van der Waals surface area contributed by atoms with E-state index in [4.69, 9.17) is 0 Å².